The lowest BCUT2D eigenvalue weighted by Gasteiger charge is -2.20. The van der Waals surface area contributed by atoms with Gasteiger partial charge in [0.1, 0.15) is 46.5 Å². The molecule has 0 spiro atoms. The molecule has 9 heteroatoms. The van der Waals surface area contributed by atoms with E-state index < -0.39 is 57.6 Å². The van der Waals surface area contributed by atoms with Crippen molar-refractivity contribution in [2.75, 3.05) is 0 Å². The summed E-state index contributed by atoms with van der Waals surface area (Å²) >= 11 is 0. The summed E-state index contributed by atoms with van der Waals surface area (Å²) in [5.41, 5.74) is -0.0259. The van der Waals surface area contributed by atoms with Gasteiger partial charge >= 0.3 is 6.11 Å². The highest BCUT2D eigenvalue weighted by Gasteiger charge is 2.41. The van der Waals surface area contributed by atoms with Crippen LogP contribution in [0.15, 0.2) is 91.0 Å². The van der Waals surface area contributed by atoms with Crippen LogP contribution < -0.4 is 4.74 Å². The molecule has 0 radical (unpaired) electrons. The molecule has 0 N–H and O–H groups in total. The van der Waals surface area contributed by atoms with Crippen molar-refractivity contribution in [3.63, 3.8) is 0 Å². The Kier molecular flexibility index (Phi) is 9.47. The van der Waals surface area contributed by atoms with Crippen LogP contribution >= 0.6 is 0 Å². The zero-order valence-electron chi connectivity index (χ0n) is 24.5. The molecule has 234 valence electrons. The second-order valence-corrected chi connectivity index (χ2v) is 10.7. The van der Waals surface area contributed by atoms with E-state index in [1.54, 1.807) is 6.07 Å². The normalized spacial score (nSPS) is 11.4. The zero-order valence-corrected chi connectivity index (χ0v) is 24.5. The van der Waals surface area contributed by atoms with Gasteiger partial charge in [-0.15, -0.1) is 0 Å². The number of ether oxygens (including phenoxy) is 1. The number of halogens is 7. The third-order valence-corrected chi connectivity index (χ3v) is 7.56. The number of unbranched alkanes of at least 4 members (excludes halogenated alkanes) is 2. The summed E-state index contributed by atoms with van der Waals surface area (Å²) < 4.78 is 108. The van der Waals surface area contributed by atoms with Gasteiger partial charge in [-0.1, -0.05) is 68.3 Å². The Morgan fingerprint density at radius 1 is 0.609 bits per heavy atom. The first-order chi connectivity index (χ1) is 22.0. The summed E-state index contributed by atoms with van der Waals surface area (Å²) in [6.45, 7) is 2.14. The Balaban J connectivity index is 1.37. The van der Waals surface area contributed by atoms with Crippen molar-refractivity contribution >= 4 is 0 Å². The number of nitriles is 1. The number of rotatable bonds is 10. The predicted octanol–water partition coefficient (Wildman–Crippen LogP) is 11.1. The van der Waals surface area contributed by atoms with Crippen molar-refractivity contribution in [3.05, 3.63) is 137 Å². The molecule has 5 rings (SSSR count). The van der Waals surface area contributed by atoms with Crippen molar-refractivity contribution in [2.24, 2.45) is 0 Å². The molecule has 0 saturated heterocycles. The van der Waals surface area contributed by atoms with Crippen molar-refractivity contribution in [1.82, 2.24) is 0 Å². The summed E-state index contributed by atoms with van der Waals surface area (Å²) in [6.07, 6.45) is -0.243. The van der Waals surface area contributed by atoms with Crippen LogP contribution in [0.25, 0.3) is 33.4 Å². The highest BCUT2D eigenvalue weighted by atomic mass is 19.3. The minimum Gasteiger partial charge on any atom is -0.429 e. The number of alkyl halides is 2. The lowest BCUT2D eigenvalue weighted by atomic mass is 9.96. The first-order valence-corrected chi connectivity index (χ1v) is 14.5. The SMILES string of the molecule is CCCCCc1ccc(-c2ccc(-c3ccc(-c4cc(F)c(C(F)(F)Oc5ccc(C#N)c(F)c5)c(F)c4)c(F)c3)c(F)c2)cc1. The van der Waals surface area contributed by atoms with Gasteiger partial charge in [-0.2, -0.15) is 14.0 Å². The van der Waals surface area contributed by atoms with E-state index in [2.05, 4.69) is 11.7 Å². The number of nitrogens with zero attached hydrogens (tertiary/aromatic N) is 1. The van der Waals surface area contributed by atoms with Crippen molar-refractivity contribution in [3.8, 4) is 45.2 Å². The van der Waals surface area contributed by atoms with Crippen molar-refractivity contribution < 1.29 is 35.5 Å². The van der Waals surface area contributed by atoms with Gasteiger partial charge < -0.3 is 4.74 Å². The van der Waals surface area contributed by atoms with Gasteiger partial charge in [0.05, 0.1) is 5.56 Å². The van der Waals surface area contributed by atoms with Gasteiger partial charge in [0.15, 0.2) is 0 Å². The maximum atomic E-state index is 15.2. The molecule has 0 aliphatic carbocycles. The van der Waals surface area contributed by atoms with Crippen LogP contribution in [0.3, 0.4) is 0 Å². The average molecular weight is 634 g/mol. The molecule has 46 heavy (non-hydrogen) atoms. The van der Waals surface area contributed by atoms with Gasteiger partial charge in [-0.3, -0.25) is 0 Å². The maximum Gasteiger partial charge on any atom is 0.432 e. The van der Waals surface area contributed by atoms with E-state index in [1.807, 2.05) is 24.3 Å². The van der Waals surface area contributed by atoms with Crippen LogP contribution in [0.2, 0.25) is 0 Å². The molecule has 0 unspecified atom stereocenters. The Morgan fingerprint density at radius 2 is 1.17 bits per heavy atom. The monoisotopic (exact) mass is 633 g/mol. The summed E-state index contributed by atoms with van der Waals surface area (Å²) in [6, 6.07) is 20.6. The fourth-order valence-corrected chi connectivity index (χ4v) is 5.14. The molecule has 5 aromatic rings. The molecule has 0 aromatic heterocycles. The van der Waals surface area contributed by atoms with Crippen LogP contribution in [0.1, 0.15) is 42.9 Å². The van der Waals surface area contributed by atoms with Crippen molar-refractivity contribution in [1.29, 1.82) is 5.26 Å². The lowest BCUT2D eigenvalue weighted by Crippen LogP contribution is -2.25. The fourth-order valence-electron chi connectivity index (χ4n) is 5.14. The highest BCUT2D eigenvalue weighted by molar-refractivity contribution is 5.74. The number of benzene rings is 5. The molecule has 0 saturated carbocycles. The standard InChI is InChI=1S/C37H26F7NO/c1-2-3-4-5-22-6-8-23(9-7-22)24-11-14-29(32(39)16-24)25-12-15-30(33(40)17-25)27-18-34(41)36(35(42)19-27)37(43,44)46-28-13-10-26(21-45)31(38)20-28/h6-20H,2-5H2,1H3. The highest BCUT2D eigenvalue weighted by Crippen LogP contribution is 2.38. The van der Waals surface area contributed by atoms with Crippen molar-refractivity contribution in [2.45, 2.75) is 38.7 Å². The molecule has 0 heterocycles. The van der Waals surface area contributed by atoms with E-state index in [0.717, 1.165) is 55.5 Å². The van der Waals surface area contributed by atoms with Crippen LogP contribution in [0.4, 0.5) is 30.7 Å². The third kappa shape index (κ3) is 6.91. The van der Waals surface area contributed by atoms with E-state index in [4.69, 9.17) is 5.26 Å². The number of hydrogen-bond donors (Lipinski definition) is 0. The van der Waals surface area contributed by atoms with E-state index >= 15 is 8.78 Å². The Morgan fingerprint density at radius 3 is 1.76 bits per heavy atom. The first kappa shape index (κ1) is 32.3. The smallest absolute Gasteiger partial charge is 0.429 e. The minimum atomic E-state index is -4.59. The summed E-state index contributed by atoms with van der Waals surface area (Å²) in [4.78, 5) is 0. The van der Waals surface area contributed by atoms with Crippen LogP contribution in [-0.4, -0.2) is 0 Å². The quantitative estimate of drug-likeness (QED) is 0.113. The van der Waals surface area contributed by atoms with Crippen LogP contribution in [0, 0.1) is 40.4 Å². The number of aryl methyl sites for hydroxylation is 1. The largest absolute Gasteiger partial charge is 0.432 e. The van der Waals surface area contributed by atoms with Crippen LogP contribution in [-0.2, 0) is 12.5 Å². The predicted molar refractivity (Wildman–Crippen MR) is 161 cm³/mol. The lowest BCUT2D eigenvalue weighted by molar-refractivity contribution is -0.189. The van der Waals surface area contributed by atoms with Gasteiger partial charge in [0.2, 0.25) is 0 Å². The Bertz CT molecular complexity index is 1910. The topological polar surface area (TPSA) is 33.0 Å². The molecule has 0 aliphatic rings. The summed E-state index contributed by atoms with van der Waals surface area (Å²) in [5, 5.41) is 8.78. The van der Waals surface area contributed by atoms with Gasteiger partial charge in [0.25, 0.3) is 0 Å². The third-order valence-electron chi connectivity index (χ3n) is 7.56. The van der Waals surface area contributed by atoms with E-state index in [0.29, 0.717) is 23.8 Å². The summed E-state index contributed by atoms with van der Waals surface area (Å²) in [7, 11) is 0. The molecule has 0 bridgehead atoms. The molecule has 0 aliphatic heterocycles. The molecular weight excluding hydrogens is 607 g/mol. The second-order valence-electron chi connectivity index (χ2n) is 10.7. The maximum absolute atomic E-state index is 15.2. The fraction of sp³-hybridized carbons (Fsp3) is 0.162. The zero-order chi connectivity index (χ0) is 33.0. The Labute approximate surface area is 261 Å². The van der Waals surface area contributed by atoms with Crippen LogP contribution in [0.5, 0.6) is 5.75 Å². The van der Waals surface area contributed by atoms with E-state index in [-0.39, 0.29) is 16.7 Å². The molecular formula is C37H26F7NO. The van der Waals surface area contributed by atoms with Gasteiger partial charge in [0, 0.05) is 17.2 Å². The molecule has 2 nitrogen and oxygen atoms in total. The molecule has 0 amide bonds. The van der Waals surface area contributed by atoms with Gasteiger partial charge in [-0.05, 0) is 77.1 Å². The minimum absolute atomic E-state index is 0.0918. The Hall–Kier alpha value is -5.10. The summed E-state index contributed by atoms with van der Waals surface area (Å²) in [5.74, 6) is -7.00. The molecule has 0 atom stereocenters. The average Bonchev–Trinajstić information content (AvgIpc) is 3.01. The molecule has 0 fully saturated rings. The van der Waals surface area contributed by atoms with E-state index in [9.17, 15) is 22.0 Å². The number of hydrogen-bond acceptors (Lipinski definition) is 2. The van der Waals surface area contributed by atoms with E-state index in [1.165, 1.54) is 29.8 Å². The second kappa shape index (κ2) is 13.5. The van der Waals surface area contributed by atoms with Gasteiger partial charge in [-0.25, -0.2) is 22.0 Å². The first-order valence-electron chi connectivity index (χ1n) is 14.5. The molecule has 5 aromatic carbocycles.